The molecule has 0 amide bonds. The van der Waals surface area contributed by atoms with Crippen LogP contribution in [0.25, 0.3) is 6.08 Å². The van der Waals surface area contributed by atoms with Gasteiger partial charge in [0.1, 0.15) is 0 Å². The molecule has 0 aliphatic rings. The second-order valence-electron chi connectivity index (χ2n) is 2.15. The van der Waals surface area contributed by atoms with Crippen molar-refractivity contribution in [3.63, 3.8) is 0 Å². The molecule has 0 aliphatic carbocycles. The topological polar surface area (TPSA) is 0 Å². The lowest BCUT2D eigenvalue weighted by Crippen LogP contribution is -1.76. The molecule has 0 heterocycles. The van der Waals surface area contributed by atoms with E-state index in [4.69, 9.17) is 0 Å². The Morgan fingerprint density at radius 3 is 2.60 bits per heavy atom. The normalized spacial score (nSPS) is 10.6. The van der Waals surface area contributed by atoms with E-state index >= 15 is 0 Å². The molecule has 1 rings (SSSR count). The van der Waals surface area contributed by atoms with Crippen LogP contribution in [0.3, 0.4) is 0 Å². The molecule has 0 unspecified atom stereocenters. The van der Waals surface area contributed by atoms with Gasteiger partial charge < -0.3 is 0 Å². The Kier molecular flexibility index (Phi) is 2.69. The Balaban J connectivity index is 3.03. The Bertz CT molecular complexity index is 238. The molecule has 0 bridgehead atoms. The van der Waals surface area contributed by atoms with E-state index in [1.807, 2.05) is 23.2 Å². The molecule has 1 aromatic carbocycles. The van der Waals surface area contributed by atoms with Crippen molar-refractivity contribution in [1.29, 1.82) is 0 Å². The fraction of sp³-hybridized carbons (Fsp3) is 0.111. The van der Waals surface area contributed by atoms with Crippen molar-refractivity contribution in [2.45, 2.75) is 6.92 Å². The van der Waals surface area contributed by atoms with Gasteiger partial charge in [0.25, 0.3) is 0 Å². The van der Waals surface area contributed by atoms with E-state index < -0.39 is 0 Å². The van der Waals surface area contributed by atoms with Crippen molar-refractivity contribution in [2.24, 2.45) is 0 Å². The summed E-state index contributed by atoms with van der Waals surface area (Å²) in [5.74, 6) is 0. The van der Waals surface area contributed by atoms with Crippen LogP contribution in [0.2, 0.25) is 0 Å². The summed E-state index contributed by atoms with van der Waals surface area (Å²) >= 11 is 3.24. The highest BCUT2D eigenvalue weighted by Crippen LogP contribution is 2.09. The maximum Gasteiger partial charge on any atom is -0.0183 e. The zero-order valence-electron chi connectivity index (χ0n) is 5.84. The van der Waals surface area contributed by atoms with Crippen molar-refractivity contribution in [3.8, 4) is 0 Å². The van der Waals surface area contributed by atoms with Crippen LogP contribution in [0.4, 0.5) is 0 Å². The lowest BCUT2D eigenvalue weighted by Gasteiger charge is -1.95. The predicted octanol–water partition coefficient (Wildman–Crippen LogP) is 3.36. The summed E-state index contributed by atoms with van der Waals surface area (Å²) in [6.07, 6.45) is 2.04. The van der Waals surface area contributed by atoms with E-state index in [-0.39, 0.29) is 0 Å². The zero-order chi connectivity index (χ0) is 7.40. The van der Waals surface area contributed by atoms with Crippen LogP contribution in [0.15, 0.2) is 29.3 Å². The smallest absolute Gasteiger partial charge is 0.0183 e. The Morgan fingerprint density at radius 1 is 1.30 bits per heavy atom. The van der Waals surface area contributed by atoms with E-state index in [9.17, 15) is 0 Å². The van der Waals surface area contributed by atoms with Gasteiger partial charge in [-0.1, -0.05) is 40.2 Å². The third-order valence-corrected chi connectivity index (χ3v) is 1.70. The third-order valence-electron chi connectivity index (χ3n) is 1.43. The van der Waals surface area contributed by atoms with Gasteiger partial charge in [-0.25, -0.2) is 0 Å². The molecule has 0 saturated carbocycles. The first-order valence-electron chi connectivity index (χ1n) is 3.17. The average molecular weight is 197 g/mol. The largest absolute Gasteiger partial charge is 0.0620 e. The van der Waals surface area contributed by atoms with Crippen LogP contribution in [-0.4, -0.2) is 0 Å². The molecule has 0 atom stereocenters. The van der Waals surface area contributed by atoms with Crippen molar-refractivity contribution < 1.29 is 0 Å². The lowest BCUT2D eigenvalue weighted by molar-refractivity contribution is 1.45. The minimum atomic E-state index is 1.26. The molecule has 0 fully saturated rings. The van der Waals surface area contributed by atoms with Gasteiger partial charge in [-0.15, -0.1) is 0 Å². The SMILES string of the molecule is Cc1ccccc1/C=C\Br. The first-order chi connectivity index (χ1) is 4.84. The molecule has 0 aliphatic heterocycles. The summed E-state index contributed by atoms with van der Waals surface area (Å²) < 4.78 is 0. The minimum absolute atomic E-state index is 1.26. The van der Waals surface area contributed by atoms with Crippen molar-refractivity contribution in [3.05, 3.63) is 40.4 Å². The number of halogens is 1. The molecule has 0 spiro atoms. The van der Waals surface area contributed by atoms with Crippen LogP contribution in [0.5, 0.6) is 0 Å². The molecule has 0 nitrogen and oxygen atoms in total. The maximum absolute atomic E-state index is 3.24. The van der Waals surface area contributed by atoms with Gasteiger partial charge in [0.2, 0.25) is 0 Å². The quantitative estimate of drug-likeness (QED) is 0.647. The fourth-order valence-electron chi connectivity index (χ4n) is 0.842. The number of rotatable bonds is 1. The minimum Gasteiger partial charge on any atom is -0.0620 e. The Hall–Kier alpha value is -0.560. The number of hydrogen-bond acceptors (Lipinski definition) is 0. The first-order valence-corrected chi connectivity index (χ1v) is 4.08. The van der Waals surface area contributed by atoms with Crippen LogP contribution in [0, 0.1) is 6.92 Å². The van der Waals surface area contributed by atoms with Gasteiger partial charge >= 0.3 is 0 Å². The molecule has 10 heavy (non-hydrogen) atoms. The summed E-state index contributed by atoms with van der Waals surface area (Å²) in [6, 6.07) is 8.27. The maximum atomic E-state index is 3.24. The van der Waals surface area contributed by atoms with E-state index in [0.29, 0.717) is 0 Å². The summed E-state index contributed by atoms with van der Waals surface area (Å²) in [5, 5.41) is 0. The van der Waals surface area contributed by atoms with Gasteiger partial charge in [-0.2, -0.15) is 0 Å². The molecule has 0 N–H and O–H groups in total. The predicted molar refractivity (Wildman–Crippen MR) is 49.1 cm³/mol. The monoisotopic (exact) mass is 196 g/mol. The van der Waals surface area contributed by atoms with Crippen LogP contribution >= 0.6 is 15.9 Å². The van der Waals surface area contributed by atoms with Crippen molar-refractivity contribution in [2.75, 3.05) is 0 Å². The van der Waals surface area contributed by atoms with Crippen molar-refractivity contribution in [1.82, 2.24) is 0 Å². The summed E-state index contributed by atoms with van der Waals surface area (Å²) in [5.41, 5.74) is 2.57. The molecular formula is C9H9Br. The van der Waals surface area contributed by atoms with Crippen molar-refractivity contribution >= 4 is 22.0 Å². The summed E-state index contributed by atoms with van der Waals surface area (Å²) in [7, 11) is 0. The molecular weight excluding hydrogens is 188 g/mol. The second-order valence-corrected chi connectivity index (χ2v) is 2.68. The molecule has 52 valence electrons. The van der Waals surface area contributed by atoms with Gasteiger partial charge in [-0.3, -0.25) is 0 Å². The number of benzene rings is 1. The lowest BCUT2D eigenvalue weighted by atomic mass is 10.1. The Morgan fingerprint density at radius 2 is 2.00 bits per heavy atom. The van der Waals surface area contributed by atoms with Gasteiger partial charge in [0, 0.05) is 0 Å². The van der Waals surface area contributed by atoms with Crippen LogP contribution < -0.4 is 0 Å². The Labute approximate surface area is 69.7 Å². The van der Waals surface area contributed by atoms with Crippen LogP contribution in [0.1, 0.15) is 11.1 Å². The number of hydrogen-bond donors (Lipinski definition) is 0. The fourth-order valence-corrected chi connectivity index (χ4v) is 1.13. The molecule has 0 saturated heterocycles. The van der Waals surface area contributed by atoms with Gasteiger partial charge in [0.15, 0.2) is 0 Å². The standard InChI is InChI=1S/C9H9Br/c1-8-4-2-3-5-9(8)6-7-10/h2-7H,1H3/b7-6-. The van der Waals surface area contributed by atoms with Crippen LogP contribution in [-0.2, 0) is 0 Å². The third kappa shape index (κ3) is 1.71. The van der Waals surface area contributed by atoms with E-state index in [1.54, 1.807) is 0 Å². The highest BCUT2D eigenvalue weighted by molar-refractivity contribution is 9.11. The molecule has 1 heteroatoms. The van der Waals surface area contributed by atoms with E-state index in [2.05, 4.69) is 35.0 Å². The van der Waals surface area contributed by atoms with E-state index in [1.165, 1.54) is 11.1 Å². The molecule has 0 aromatic heterocycles. The summed E-state index contributed by atoms with van der Waals surface area (Å²) in [4.78, 5) is 1.87. The summed E-state index contributed by atoms with van der Waals surface area (Å²) in [6.45, 7) is 2.10. The number of aryl methyl sites for hydroxylation is 1. The zero-order valence-corrected chi connectivity index (χ0v) is 7.43. The highest BCUT2D eigenvalue weighted by Gasteiger charge is 1.88. The van der Waals surface area contributed by atoms with Gasteiger partial charge in [0.05, 0.1) is 0 Å². The average Bonchev–Trinajstić information content (AvgIpc) is 1.94. The highest BCUT2D eigenvalue weighted by atomic mass is 79.9. The van der Waals surface area contributed by atoms with Gasteiger partial charge in [-0.05, 0) is 29.1 Å². The molecule has 0 radical (unpaired) electrons. The second kappa shape index (κ2) is 3.57. The van der Waals surface area contributed by atoms with E-state index in [0.717, 1.165) is 0 Å². The molecule has 1 aromatic rings. The first kappa shape index (κ1) is 7.55.